The van der Waals surface area contributed by atoms with Crippen molar-refractivity contribution in [3.63, 3.8) is 0 Å². The summed E-state index contributed by atoms with van der Waals surface area (Å²) >= 11 is 0. The fourth-order valence-electron chi connectivity index (χ4n) is 2.51. The summed E-state index contributed by atoms with van der Waals surface area (Å²) in [5.74, 6) is 1.12. The van der Waals surface area contributed by atoms with Gasteiger partial charge in [0.05, 0.1) is 11.1 Å². The van der Waals surface area contributed by atoms with Gasteiger partial charge >= 0.3 is 0 Å². The highest BCUT2D eigenvalue weighted by Gasteiger charge is 2.46. The normalized spacial score (nSPS) is 26.9. The van der Waals surface area contributed by atoms with E-state index in [1.54, 1.807) is 0 Å². The van der Waals surface area contributed by atoms with Crippen LogP contribution in [-0.2, 0) is 0 Å². The first kappa shape index (κ1) is 12.7. The maximum atomic E-state index is 10.2. The zero-order valence-corrected chi connectivity index (χ0v) is 11.1. The molecule has 0 saturated carbocycles. The van der Waals surface area contributed by atoms with Gasteiger partial charge in [0, 0.05) is 0 Å². The SMILES string of the molecule is CC(C)C(C)C1=CC(C)(C)N(O)C1(C)C. The van der Waals surface area contributed by atoms with Crippen LogP contribution in [0.3, 0.4) is 0 Å². The predicted octanol–water partition coefficient (Wildman–Crippen LogP) is 3.47. The number of nitrogens with zero attached hydrogens (tertiary/aromatic N) is 1. The lowest BCUT2D eigenvalue weighted by Gasteiger charge is -2.38. The summed E-state index contributed by atoms with van der Waals surface area (Å²) in [5.41, 5.74) is 0.861. The van der Waals surface area contributed by atoms with E-state index in [2.05, 4.69) is 54.5 Å². The Morgan fingerprint density at radius 3 is 1.87 bits per heavy atom. The Bertz CT molecular complexity index is 276. The summed E-state index contributed by atoms with van der Waals surface area (Å²) < 4.78 is 0. The van der Waals surface area contributed by atoms with Crippen molar-refractivity contribution in [3.05, 3.63) is 11.6 Å². The second kappa shape index (κ2) is 3.60. The van der Waals surface area contributed by atoms with Crippen LogP contribution < -0.4 is 0 Å². The number of rotatable bonds is 2. The molecule has 0 aromatic carbocycles. The van der Waals surface area contributed by atoms with Crippen LogP contribution >= 0.6 is 0 Å². The maximum absolute atomic E-state index is 10.2. The molecule has 1 atom stereocenters. The van der Waals surface area contributed by atoms with Crippen LogP contribution in [0, 0.1) is 11.8 Å². The van der Waals surface area contributed by atoms with E-state index in [9.17, 15) is 5.21 Å². The lowest BCUT2D eigenvalue weighted by molar-refractivity contribution is -0.186. The minimum atomic E-state index is -0.248. The lowest BCUT2D eigenvalue weighted by Crippen LogP contribution is -2.48. The molecule has 0 aromatic heterocycles. The summed E-state index contributed by atoms with van der Waals surface area (Å²) in [6.07, 6.45) is 2.22. The minimum absolute atomic E-state index is 0.243. The number of hydroxylamine groups is 2. The zero-order chi connectivity index (χ0) is 12.0. The van der Waals surface area contributed by atoms with E-state index in [4.69, 9.17) is 0 Å². The van der Waals surface area contributed by atoms with Gasteiger partial charge in [-0.1, -0.05) is 26.8 Å². The molecule has 1 aliphatic rings. The Labute approximate surface area is 93.9 Å². The van der Waals surface area contributed by atoms with E-state index in [0.717, 1.165) is 0 Å². The molecule has 2 heteroatoms. The van der Waals surface area contributed by atoms with E-state index >= 15 is 0 Å². The maximum Gasteiger partial charge on any atom is 0.0625 e. The van der Waals surface area contributed by atoms with E-state index < -0.39 is 0 Å². The highest BCUT2D eigenvalue weighted by molar-refractivity contribution is 5.31. The van der Waals surface area contributed by atoms with Crippen LogP contribution in [0.25, 0.3) is 0 Å². The Kier molecular flexibility index (Phi) is 3.05. The monoisotopic (exact) mass is 211 g/mol. The van der Waals surface area contributed by atoms with Crippen molar-refractivity contribution in [1.82, 2.24) is 5.06 Å². The molecule has 0 bridgehead atoms. The fraction of sp³-hybridized carbons (Fsp3) is 0.846. The van der Waals surface area contributed by atoms with Crippen molar-refractivity contribution < 1.29 is 5.21 Å². The van der Waals surface area contributed by atoms with Crippen molar-refractivity contribution in [1.29, 1.82) is 0 Å². The third-order valence-electron chi connectivity index (χ3n) is 3.78. The molecule has 0 spiro atoms. The van der Waals surface area contributed by atoms with Crippen molar-refractivity contribution in [2.24, 2.45) is 11.8 Å². The summed E-state index contributed by atoms with van der Waals surface area (Å²) in [6.45, 7) is 15.0. The highest BCUT2D eigenvalue weighted by atomic mass is 16.5. The Hall–Kier alpha value is -0.340. The van der Waals surface area contributed by atoms with Crippen LogP contribution in [0.15, 0.2) is 11.6 Å². The lowest BCUT2D eigenvalue weighted by atomic mass is 9.81. The molecule has 88 valence electrons. The standard InChI is InChI=1S/C13H25NO/c1-9(2)10(3)11-8-12(4,5)14(15)13(11,6)7/h8-10,15H,1-7H3. The van der Waals surface area contributed by atoms with Gasteiger partial charge in [0.15, 0.2) is 0 Å². The average molecular weight is 211 g/mol. The molecule has 0 fully saturated rings. The highest BCUT2D eigenvalue weighted by Crippen LogP contribution is 2.43. The molecule has 15 heavy (non-hydrogen) atoms. The second-order valence-corrected chi connectivity index (χ2v) is 6.16. The van der Waals surface area contributed by atoms with Gasteiger partial charge in [0.1, 0.15) is 0 Å². The van der Waals surface area contributed by atoms with E-state index in [1.165, 1.54) is 10.6 Å². The molecule has 0 amide bonds. The molecule has 1 rings (SSSR count). The molecule has 1 heterocycles. The fourth-order valence-corrected chi connectivity index (χ4v) is 2.51. The van der Waals surface area contributed by atoms with Crippen LogP contribution in [-0.4, -0.2) is 21.3 Å². The number of hydrogen-bond donors (Lipinski definition) is 1. The van der Waals surface area contributed by atoms with E-state index in [1.807, 2.05) is 0 Å². The van der Waals surface area contributed by atoms with Crippen molar-refractivity contribution in [2.75, 3.05) is 0 Å². The Balaban J connectivity index is 3.09. The Morgan fingerprint density at radius 2 is 1.60 bits per heavy atom. The zero-order valence-electron chi connectivity index (χ0n) is 11.1. The van der Waals surface area contributed by atoms with Crippen LogP contribution in [0.4, 0.5) is 0 Å². The third-order valence-corrected chi connectivity index (χ3v) is 3.78. The summed E-state index contributed by atoms with van der Waals surface area (Å²) in [4.78, 5) is 0. The summed E-state index contributed by atoms with van der Waals surface area (Å²) in [5, 5.41) is 11.6. The summed E-state index contributed by atoms with van der Waals surface area (Å²) in [6, 6.07) is 0. The molecular weight excluding hydrogens is 186 g/mol. The van der Waals surface area contributed by atoms with Crippen LogP contribution in [0.2, 0.25) is 0 Å². The van der Waals surface area contributed by atoms with Crippen molar-refractivity contribution in [2.45, 2.75) is 59.5 Å². The second-order valence-electron chi connectivity index (χ2n) is 6.16. The van der Waals surface area contributed by atoms with E-state index in [-0.39, 0.29) is 11.1 Å². The average Bonchev–Trinajstić information content (AvgIpc) is 2.25. The van der Waals surface area contributed by atoms with Gasteiger partial charge in [0.25, 0.3) is 0 Å². The van der Waals surface area contributed by atoms with Gasteiger partial charge in [-0.3, -0.25) is 0 Å². The molecule has 0 radical (unpaired) electrons. The first-order chi connectivity index (χ1) is 6.60. The smallest absolute Gasteiger partial charge is 0.0625 e. The van der Waals surface area contributed by atoms with Gasteiger partial charge in [0.2, 0.25) is 0 Å². The van der Waals surface area contributed by atoms with Gasteiger partial charge in [-0.05, 0) is 45.1 Å². The van der Waals surface area contributed by atoms with Gasteiger partial charge in [-0.25, -0.2) is 0 Å². The molecule has 2 nitrogen and oxygen atoms in total. The predicted molar refractivity (Wildman–Crippen MR) is 63.9 cm³/mol. The molecule has 0 aromatic rings. The van der Waals surface area contributed by atoms with Crippen LogP contribution in [0.5, 0.6) is 0 Å². The molecule has 1 aliphatic heterocycles. The van der Waals surface area contributed by atoms with Gasteiger partial charge in [-0.15, -0.1) is 0 Å². The minimum Gasteiger partial charge on any atom is -0.312 e. The molecule has 0 saturated heterocycles. The van der Waals surface area contributed by atoms with Gasteiger partial charge in [-0.2, -0.15) is 5.06 Å². The first-order valence-electron chi connectivity index (χ1n) is 5.83. The molecular formula is C13H25NO. The molecule has 0 aliphatic carbocycles. The van der Waals surface area contributed by atoms with Gasteiger partial charge < -0.3 is 5.21 Å². The number of hydrogen-bond acceptors (Lipinski definition) is 2. The van der Waals surface area contributed by atoms with Crippen LogP contribution in [0.1, 0.15) is 48.5 Å². The molecule has 1 unspecified atom stereocenters. The Morgan fingerprint density at radius 1 is 1.13 bits per heavy atom. The van der Waals surface area contributed by atoms with Crippen molar-refractivity contribution >= 4 is 0 Å². The quantitative estimate of drug-likeness (QED) is 0.707. The first-order valence-corrected chi connectivity index (χ1v) is 5.83. The third kappa shape index (κ3) is 1.98. The van der Waals surface area contributed by atoms with Crippen molar-refractivity contribution in [3.8, 4) is 0 Å². The van der Waals surface area contributed by atoms with E-state index in [0.29, 0.717) is 11.8 Å². The largest absolute Gasteiger partial charge is 0.312 e. The molecule has 1 N–H and O–H groups in total. The topological polar surface area (TPSA) is 23.5 Å². The summed E-state index contributed by atoms with van der Waals surface area (Å²) in [7, 11) is 0.